The molecule has 3 aromatic rings. The number of carbonyl (C=O) groups excluding carboxylic acids is 1. The van der Waals surface area contributed by atoms with Crippen LogP contribution in [0.4, 0.5) is 14.6 Å². The lowest BCUT2D eigenvalue weighted by Gasteiger charge is -2.25. The minimum Gasteiger partial charge on any atom is -0.378 e. The van der Waals surface area contributed by atoms with Crippen LogP contribution in [-0.4, -0.2) is 46.7 Å². The largest absolute Gasteiger partial charge is 0.378 e. The van der Waals surface area contributed by atoms with E-state index < -0.39 is 17.6 Å². The van der Waals surface area contributed by atoms with E-state index in [1.165, 1.54) is 13.1 Å². The van der Waals surface area contributed by atoms with Gasteiger partial charge in [-0.3, -0.25) is 4.79 Å². The normalized spacial score (nSPS) is 24.5. The molecule has 2 aliphatic rings. The lowest BCUT2D eigenvalue weighted by atomic mass is 9.97. The molecule has 2 fully saturated rings. The summed E-state index contributed by atoms with van der Waals surface area (Å²) < 4.78 is 40.6. The van der Waals surface area contributed by atoms with Crippen LogP contribution in [0.2, 0.25) is 0 Å². The Hall–Kier alpha value is -2.91. The van der Waals surface area contributed by atoms with Crippen molar-refractivity contribution in [2.24, 2.45) is 0 Å². The van der Waals surface area contributed by atoms with Crippen LogP contribution in [0.1, 0.15) is 31.5 Å². The second-order valence-corrected chi connectivity index (χ2v) is 8.11. The summed E-state index contributed by atoms with van der Waals surface area (Å²) in [5.74, 6) is -2.64. The van der Waals surface area contributed by atoms with Crippen LogP contribution < -0.4 is 5.32 Å². The zero-order valence-corrected chi connectivity index (χ0v) is 17.2. The number of anilines is 1. The van der Waals surface area contributed by atoms with Crippen molar-refractivity contribution in [3.63, 3.8) is 0 Å². The summed E-state index contributed by atoms with van der Waals surface area (Å²) in [6.07, 6.45) is 3.70. The van der Waals surface area contributed by atoms with E-state index in [2.05, 4.69) is 10.3 Å². The zero-order chi connectivity index (χ0) is 21.8. The van der Waals surface area contributed by atoms with Gasteiger partial charge in [0.1, 0.15) is 17.5 Å². The summed E-state index contributed by atoms with van der Waals surface area (Å²) in [6.45, 7) is 2.38. The molecule has 0 spiro atoms. The van der Waals surface area contributed by atoms with E-state index in [0.29, 0.717) is 47.6 Å². The van der Waals surface area contributed by atoms with Gasteiger partial charge in [0.05, 0.1) is 29.7 Å². The van der Waals surface area contributed by atoms with Crippen molar-refractivity contribution in [2.75, 3.05) is 25.6 Å². The number of pyridine rings is 2. The van der Waals surface area contributed by atoms with Crippen molar-refractivity contribution in [1.82, 2.24) is 14.5 Å². The second kappa shape index (κ2) is 7.06. The average molecular weight is 428 g/mol. The van der Waals surface area contributed by atoms with E-state index in [-0.39, 0.29) is 12.3 Å². The topological polar surface area (TPSA) is 78.3 Å². The van der Waals surface area contributed by atoms with Crippen LogP contribution in [0.3, 0.4) is 0 Å². The third-order valence-corrected chi connectivity index (χ3v) is 6.02. The number of fused-ring (bicyclic) bond motifs is 1. The fourth-order valence-corrected chi connectivity index (χ4v) is 4.21. The van der Waals surface area contributed by atoms with Crippen LogP contribution in [0.25, 0.3) is 22.2 Å². The van der Waals surface area contributed by atoms with Crippen LogP contribution in [-0.2, 0) is 19.9 Å². The molecule has 162 valence electrons. The van der Waals surface area contributed by atoms with E-state index in [1.54, 1.807) is 23.9 Å². The van der Waals surface area contributed by atoms with Crippen molar-refractivity contribution in [2.45, 2.75) is 37.3 Å². The van der Waals surface area contributed by atoms with E-state index in [1.807, 2.05) is 18.2 Å². The van der Waals surface area contributed by atoms with Gasteiger partial charge in [0, 0.05) is 50.6 Å². The number of halogens is 2. The van der Waals surface area contributed by atoms with Crippen molar-refractivity contribution in [1.29, 1.82) is 0 Å². The number of rotatable bonds is 5. The number of carbonyl (C=O) groups is 1. The van der Waals surface area contributed by atoms with Crippen molar-refractivity contribution in [3.05, 3.63) is 42.4 Å². The van der Waals surface area contributed by atoms with Gasteiger partial charge in [0.15, 0.2) is 0 Å². The number of aromatic nitrogens is 3. The van der Waals surface area contributed by atoms with Gasteiger partial charge in [-0.05, 0) is 18.2 Å². The maximum Gasteiger partial charge on any atom is 0.270 e. The Bertz CT molecular complexity index is 1170. The zero-order valence-electron chi connectivity index (χ0n) is 17.2. The first-order valence-electron chi connectivity index (χ1n) is 10.1. The lowest BCUT2D eigenvalue weighted by molar-refractivity contribution is -0.114. The van der Waals surface area contributed by atoms with Gasteiger partial charge in [0.2, 0.25) is 5.91 Å². The minimum atomic E-state index is -2.74. The van der Waals surface area contributed by atoms with Crippen molar-refractivity contribution < 1.29 is 23.0 Å². The Morgan fingerprint density at radius 1 is 1.39 bits per heavy atom. The molecule has 31 heavy (non-hydrogen) atoms. The maximum absolute atomic E-state index is 13.9. The average Bonchev–Trinajstić information content (AvgIpc) is 3.12. The SMILES string of the molecule is CO[C@]1(c2cccc(-c3cn([C@@H]4CC4(F)F)c4cnc(NC(C)=O)cc34)n2)CCOC1. The highest BCUT2D eigenvalue weighted by Gasteiger charge is 2.58. The van der Waals surface area contributed by atoms with Gasteiger partial charge >= 0.3 is 0 Å². The van der Waals surface area contributed by atoms with Crippen LogP contribution in [0, 0.1) is 0 Å². The quantitative estimate of drug-likeness (QED) is 0.667. The first-order chi connectivity index (χ1) is 14.8. The third kappa shape index (κ3) is 3.37. The minimum absolute atomic E-state index is 0.207. The van der Waals surface area contributed by atoms with E-state index in [9.17, 15) is 13.6 Å². The number of alkyl halides is 2. The Balaban J connectivity index is 1.65. The lowest BCUT2D eigenvalue weighted by Crippen LogP contribution is -2.30. The molecular weight excluding hydrogens is 406 g/mol. The molecule has 1 N–H and O–H groups in total. The monoisotopic (exact) mass is 428 g/mol. The summed E-state index contributed by atoms with van der Waals surface area (Å²) in [6, 6.07) is 6.39. The molecule has 4 heterocycles. The smallest absolute Gasteiger partial charge is 0.270 e. The number of hydrogen-bond donors (Lipinski definition) is 1. The number of nitrogens with zero attached hydrogens (tertiary/aromatic N) is 3. The predicted molar refractivity (Wildman–Crippen MR) is 110 cm³/mol. The molecule has 3 aromatic heterocycles. The number of nitrogens with one attached hydrogen (secondary N) is 1. The molecule has 0 unspecified atom stereocenters. The van der Waals surface area contributed by atoms with Crippen LogP contribution in [0.5, 0.6) is 0 Å². The van der Waals surface area contributed by atoms with Gasteiger partial charge in [-0.25, -0.2) is 18.7 Å². The summed E-state index contributed by atoms with van der Waals surface area (Å²) in [5.41, 5.74) is 2.01. The molecule has 1 aliphatic carbocycles. The summed E-state index contributed by atoms with van der Waals surface area (Å²) in [4.78, 5) is 20.5. The molecule has 5 rings (SSSR count). The standard InChI is InChI=1S/C22H22F2N4O3/c1-13(29)26-20-8-14-15(11-28(17(14)10-25-20)19-9-22(19,23)24)16-4-3-5-18(27-16)21(30-2)6-7-31-12-21/h3-5,8,10-11,19H,6-7,9,12H2,1-2H3,(H,25,26,29)/t19-,21-/m1/s1. The van der Waals surface area contributed by atoms with Crippen LogP contribution >= 0.6 is 0 Å². The molecular formula is C22H22F2N4O3. The number of amides is 1. The molecule has 0 bridgehead atoms. The molecule has 7 nitrogen and oxygen atoms in total. The van der Waals surface area contributed by atoms with Crippen LogP contribution in [0.15, 0.2) is 36.7 Å². The molecule has 2 atom stereocenters. The molecule has 1 amide bonds. The van der Waals surface area contributed by atoms with Gasteiger partial charge in [0.25, 0.3) is 5.92 Å². The fourth-order valence-electron chi connectivity index (χ4n) is 4.21. The molecule has 9 heteroatoms. The van der Waals surface area contributed by atoms with Gasteiger partial charge < -0.3 is 19.4 Å². The predicted octanol–water partition coefficient (Wildman–Crippen LogP) is 3.90. The van der Waals surface area contributed by atoms with Gasteiger partial charge in [-0.2, -0.15) is 0 Å². The highest BCUT2D eigenvalue weighted by atomic mass is 19.3. The first-order valence-corrected chi connectivity index (χ1v) is 10.1. The highest BCUT2D eigenvalue weighted by Crippen LogP contribution is 2.54. The molecule has 1 saturated heterocycles. The summed E-state index contributed by atoms with van der Waals surface area (Å²) in [5, 5.41) is 3.35. The summed E-state index contributed by atoms with van der Waals surface area (Å²) >= 11 is 0. The Morgan fingerprint density at radius 3 is 2.84 bits per heavy atom. The van der Waals surface area contributed by atoms with Gasteiger partial charge in [-0.1, -0.05) is 6.07 Å². The maximum atomic E-state index is 13.9. The van der Waals surface area contributed by atoms with Gasteiger partial charge in [-0.15, -0.1) is 0 Å². The van der Waals surface area contributed by atoms with E-state index in [0.717, 1.165) is 5.69 Å². The molecule has 0 aromatic carbocycles. The Kier molecular flexibility index (Phi) is 4.56. The number of ether oxygens (including phenoxy) is 2. The molecule has 1 aliphatic heterocycles. The fraction of sp³-hybridized carbons (Fsp3) is 0.409. The summed E-state index contributed by atoms with van der Waals surface area (Å²) in [7, 11) is 1.63. The highest BCUT2D eigenvalue weighted by molar-refractivity contribution is 5.98. The Labute approximate surface area is 177 Å². The van der Waals surface area contributed by atoms with E-state index >= 15 is 0 Å². The van der Waals surface area contributed by atoms with E-state index in [4.69, 9.17) is 14.5 Å². The number of methoxy groups -OCH3 is 1. The van der Waals surface area contributed by atoms with Crippen molar-refractivity contribution in [3.8, 4) is 11.3 Å². The Morgan fingerprint density at radius 2 is 2.19 bits per heavy atom. The van der Waals surface area contributed by atoms with Crippen molar-refractivity contribution >= 4 is 22.6 Å². The second-order valence-electron chi connectivity index (χ2n) is 8.11. The third-order valence-electron chi connectivity index (χ3n) is 6.02. The molecule has 1 saturated carbocycles. The number of hydrogen-bond acceptors (Lipinski definition) is 5. The first kappa shape index (κ1) is 20.0. The molecule has 0 radical (unpaired) electrons.